The first kappa shape index (κ1) is 9.64. The van der Waals surface area contributed by atoms with Gasteiger partial charge in [0.2, 0.25) is 0 Å². The number of fused-ring (bicyclic) bond motifs is 1. The van der Waals surface area contributed by atoms with Crippen LogP contribution < -0.4 is 0 Å². The number of carbonyl (C=O) groups is 1. The van der Waals surface area contributed by atoms with E-state index in [1.807, 2.05) is 18.2 Å². The molecule has 0 N–H and O–H groups in total. The van der Waals surface area contributed by atoms with Crippen LogP contribution in [0.4, 0.5) is 0 Å². The number of hydrogen-bond acceptors (Lipinski definition) is 2. The molecular formula is C14H14O2. The molecule has 1 aromatic carbocycles. The lowest BCUT2D eigenvalue weighted by molar-refractivity contribution is -0.141. The van der Waals surface area contributed by atoms with Crippen molar-refractivity contribution in [3.8, 4) is 0 Å². The van der Waals surface area contributed by atoms with Gasteiger partial charge in [0.1, 0.15) is 0 Å². The van der Waals surface area contributed by atoms with Crippen molar-refractivity contribution in [3.05, 3.63) is 48.0 Å². The predicted octanol–water partition coefficient (Wildman–Crippen LogP) is 2.52. The van der Waals surface area contributed by atoms with Gasteiger partial charge in [-0.05, 0) is 12.0 Å². The summed E-state index contributed by atoms with van der Waals surface area (Å²) in [6.07, 6.45) is 5.18. The fraction of sp³-hybridized carbons (Fsp3) is 0.357. The molecule has 2 aliphatic rings. The normalized spacial score (nSPS) is 32.2. The minimum atomic E-state index is -0.0183. The highest BCUT2D eigenvalue weighted by Crippen LogP contribution is 2.41. The molecule has 82 valence electrons. The minimum absolute atomic E-state index is 0.0183. The van der Waals surface area contributed by atoms with E-state index < -0.39 is 0 Å². The molecule has 16 heavy (non-hydrogen) atoms. The van der Waals surface area contributed by atoms with Gasteiger partial charge >= 0.3 is 5.97 Å². The van der Waals surface area contributed by atoms with Crippen LogP contribution in [0, 0.1) is 11.8 Å². The summed E-state index contributed by atoms with van der Waals surface area (Å²) in [5, 5.41) is 0. The lowest BCUT2D eigenvalue weighted by Crippen LogP contribution is -2.24. The highest BCUT2D eigenvalue weighted by Gasteiger charge is 2.42. The molecule has 1 aliphatic heterocycles. The third kappa shape index (κ3) is 1.45. The summed E-state index contributed by atoms with van der Waals surface area (Å²) in [5.74, 6) is 0.733. The Morgan fingerprint density at radius 1 is 1.19 bits per heavy atom. The maximum absolute atomic E-state index is 11.5. The summed E-state index contributed by atoms with van der Waals surface area (Å²) in [5.41, 5.74) is 1.28. The van der Waals surface area contributed by atoms with E-state index >= 15 is 0 Å². The SMILES string of the molecule is O=C1OC[C@@H]2[C@@H]1CC=C[C@@H]2c1ccccc1. The van der Waals surface area contributed by atoms with Crippen molar-refractivity contribution < 1.29 is 9.53 Å². The number of hydrogen-bond donors (Lipinski definition) is 0. The predicted molar refractivity (Wildman–Crippen MR) is 60.9 cm³/mol. The Morgan fingerprint density at radius 2 is 2.00 bits per heavy atom. The Bertz CT molecular complexity index is 422. The summed E-state index contributed by atoms with van der Waals surface area (Å²) < 4.78 is 5.17. The minimum Gasteiger partial charge on any atom is -0.465 e. The van der Waals surface area contributed by atoms with Crippen LogP contribution >= 0.6 is 0 Å². The Balaban J connectivity index is 1.94. The molecule has 0 aromatic heterocycles. The number of esters is 1. The molecule has 1 aliphatic carbocycles. The van der Waals surface area contributed by atoms with Crippen LogP contribution in [0.25, 0.3) is 0 Å². The van der Waals surface area contributed by atoms with Gasteiger partial charge in [0, 0.05) is 11.8 Å². The van der Waals surface area contributed by atoms with Crippen molar-refractivity contribution in [2.75, 3.05) is 6.61 Å². The second-order valence-electron chi connectivity index (χ2n) is 4.50. The fourth-order valence-corrected chi connectivity index (χ4v) is 2.75. The van der Waals surface area contributed by atoms with Gasteiger partial charge in [-0.25, -0.2) is 0 Å². The molecule has 3 atom stereocenters. The van der Waals surface area contributed by atoms with Crippen molar-refractivity contribution in [2.24, 2.45) is 11.8 Å². The molecular weight excluding hydrogens is 200 g/mol. The molecule has 3 rings (SSSR count). The molecule has 0 saturated carbocycles. The van der Waals surface area contributed by atoms with Gasteiger partial charge < -0.3 is 4.74 Å². The van der Waals surface area contributed by atoms with Crippen LogP contribution in [0.2, 0.25) is 0 Å². The summed E-state index contributed by atoms with van der Waals surface area (Å²) in [4.78, 5) is 11.5. The van der Waals surface area contributed by atoms with Crippen molar-refractivity contribution in [1.82, 2.24) is 0 Å². The zero-order valence-electron chi connectivity index (χ0n) is 9.00. The second-order valence-corrected chi connectivity index (χ2v) is 4.50. The van der Waals surface area contributed by atoms with Crippen LogP contribution in [-0.2, 0) is 9.53 Å². The van der Waals surface area contributed by atoms with Gasteiger partial charge in [-0.2, -0.15) is 0 Å². The first-order valence-corrected chi connectivity index (χ1v) is 5.74. The Labute approximate surface area is 94.9 Å². The third-order valence-electron chi connectivity index (χ3n) is 3.62. The summed E-state index contributed by atoms with van der Waals surface area (Å²) >= 11 is 0. The van der Waals surface area contributed by atoms with E-state index in [1.54, 1.807) is 0 Å². The molecule has 2 heteroatoms. The van der Waals surface area contributed by atoms with E-state index in [0.29, 0.717) is 18.4 Å². The zero-order valence-corrected chi connectivity index (χ0v) is 9.00. The van der Waals surface area contributed by atoms with Gasteiger partial charge in [-0.3, -0.25) is 4.79 Å². The van der Waals surface area contributed by atoms with E-state index in [9.17, 15) is 4.79 Å². The van der Waals surface area contributed by atoms with E-state index in [2.05, 4.69) is 24.3 Å². The third-order valence-corrected chi connectivity index (χ3v) is 3.62. The van der Waals surface area contributed by atoms with Gasteiger partial charge in [0.25, 0.3) is 0 Å². The van der Waals surface area contributed by atoms with E-state index in [-0.39, 0.29) is 11.9 Å². The van der Waals surface area contributed by atoms with Gasteiger partial charge in [-0.15, -0.1) is 0 Å². The highest BCUT2D eigenvalue weighted by molar-refractivity contribution is 5.75. The van der Waals surface area contributed by atoms with Crippen molar-refractivity contribution in [2.45, 2.75) is 12.3 Å². The Morgan fingerprint density at radius 3 is 2.81 bits per heavy atom. The number of allylic oxidation sites excluding steroid dienone is 2. The van der Waals surface area contributed by atoms with Gasteiger partial charge in [0.05, 0.1) is 12.5 Å². The lowest BCUT2D eigenvalue weighted by Gasteiger charge is -2.26. The van der Waals surface area contributed by atoms with Crippen LogP contribution in [-0.4, -0.2) is 12.6 Å². The molecule has 1 aromatic rings. The van der Waals surface area contributed by atoms with Crippen molar-refractivity contribution in [1.29, 1.82) is 0 Å². The maximum Gasteiger partial charge on any atom is 0.309 e. The van der Waals surface area contributed by atoms with Crippen molar-refractivity contribution >= 4 is 5.97 Å². The highest BCUT2D eigenvalue weighted by atomic mass is 16.5. The van der Waals surface area contributed by atoms with Crippen LogP contribution in [0.1, 0.15) is 17.9 Å². The van der Waals surface area contributed by atoms with Crippen molar-refractivity contribution in [3.63, 3.8) is 0 Å². The monoisotopic (exact) mass is 214 g/mol. The topological polar surface area (TPSA) is 26.3 Å². The molecule has 0 radical (unpaired) electrons. The standard InChI is InChI=1S/C14H14O2/c15-14-12-8-4-7-11(13(12)9-16-14)10-5-2-1-3-6-10/h1-7,11-13H,8-9H2/t11-,12+,13+/m1/s1. The Kier molecular flexibility index (Phi) is 2.28. The van der Waals surface area contributed by atoms with E-state index in [1.165, 1.54) is 5.56 Å². The second kappa shape index (κ2) is 3.78. The van der Waals surface area contributed by atoms with E-state index in [0.717, 1.165) is 6.42 Å². The smallest absolute Gasteiger partial charge is 0.309 e. The van der Waals surface area contributed by atoms with Crippen LogP contribution in [0.5, 0.6) is 0 Å². The number of rotatable bonds is 1. The first-order valence-electron chi connectivity index (χ1n) is 5.74. The van der Waals surface area contributed by atoms with E-state index in [4.69, 9.17) is 4.74 Å². The summed E-state index contributed by atoms with van der Waals surface area (Å²) in [6.45, 7) is 0.577. The Hall–Kier alpha value is -1.57. The average molecular weight is 214 g/mol. The lowest BCUT2D eigenvalue weighted by atomic mass is 9.75. The molecule has 1 saturated heterocycles. The molecule has 0 bridgehead atoms. The fourth-order valence-electron chi connectivity index (χ4n) is 2.75. The summed E-state index contributed by atoms with van der Waals surface area (Å²) in [7, 11) is 0. The maximum atomic E-state index is 11.5. The molecule has 0 amide bonds. The number of benzene rings is 1. The number of cyclic esters (lactones) is 1. The average Bonchev–Trinajstić information content (AvgIpc) is 2.73. The molecule has 1 heterocycles. The quantitative estimate of drug-likeness (QED) is 0.530. The first-order chi connectivity index (χ1) is 7.86. The largest absolute Gasteiger partial charge is 0.465 e. The zero-order chi connectivity index (χ0) is 11.0. The summed E-state index contributed by atoms with van der Waals surface area (Å²) in [6, 6.07) is 10.4. The van der Waals surface area contributed by atoms with Gasteiger partial charge in [0.15, 0.2) is 0 Å². The number of carbonyl (C=O) groups excluding carboxylic acids is 1. The molecule has 2 nitrogen and oxygen atoms in total. The molecule has 0 spiro atoms. The number of ether oxygens (including phenoxy) is 1. The molecule has 1 fully saturated rings. The van der Waals surface area contributed by atoms with Gasteiger partial charge in [-0.1, -0.05) is 42.5 Å². The van der Waals surface area contributed by atoms with Crippen LogP contribution in [0.3, 0.4) is 0 Å². The van der Waals surface area contributed by atoms with Crippen LogP contribution in [0.15, 0.2) is 42.5 Å². The molecule has 0 unspecified atom stereocenters.